The molecule has 1 unspecified atom stereocenters. The van der Waals surface area contributed by atoms with E-state index in [-0.39, 0.29) is 6.04 Å². The van der Waals surface area contributed by atoms with Crippen molar-refractivity contribution in [2.75, 3.05) is 20.6 Å². The molecule has 0 aliphatic heterocycles. The molecule has 4 nitrogen and oxygen atoms in total. The maximum Gasteiger partial charge on any atom is 0.325 e. The summed E-state index contributed by atoms with van der Waals surface area (Å²) in [6, 6.07) is 0.196. The molecule has 1 aliphatic rings. The second-order valence-electron chi connectivity index (χ2n) is 5.09. The molecule has 1 aliphatic carbocycles. The third-order valence-electron chi connectivity index (χ3n) is 2.77. The summed E-state index contributed by atoms with van der Waals surface area (Å²) in [5.41, 5.74) is -0.752. The Morgan fingerprint density at radius 3 is 2.33 bits per heavy atom. The van der Waals surface area contributed by atoms with Crippen molar-refractivity contribution in [3.05, 3.63) is 0 Å². The third-order valence-corrected chi connectivity index (χ3v) is 2.77. The minimum Gasteiger partial charge on any atom is -0.480 e. The van der Waals surface area contributed by atoms with Crippen molar-refractivity contribution in [3.63, 3.8) is 0 Å². The Kier molecular flexibility index (Phi) is 3.73. The van der Waals surface area contributed by atoms with Gasteiger partial charge in [-0.05, 0) is 46.7 Å². The summed E-state index contributed by atoms with van der Waals surface area (Å²) < 4.78 is 0. The topological polar surface area (TPSA) is 52.6 Å². The average molecular weight is 214 g/mol. The van der Waals surface area contributed by atoms with Gasteiger partial charge in [-0.2, -0.15) is 0 Å². The summed E-state index contributed by atoms with van der Waals surface area (Å²) >= 11 is 0. The predicted octanol–water partition coefficient (Wildman–Crippen LogP) is 0.779. The van der Waals surface area contributed by atoms with Crippen molar-refractivity contribution >= 4 is 5.97 Å². The van der Waals surface area contributed by atoms with Gasteiger partial charge in [0.1, 0.15) is 5.54 Å². The summed E-state index contributed by atoms with van der Waals surface area (Å²) in [4.78, 5) is 13.4. The van der Waals surface area contributed by atoms with Crippen LogP contribution in [0.15, 0.2) is 0 Å². The summed E-state index contributed by atoms with van der Waals surface area (Å²) in [7, 11) is 3.84. The Morgan fingerprint density at radius 2 is 2.07 bits per heavy atom. The Labute approximate surface area is 91.6 Å². The predicted molar refractivity (Wildman–Crippen MR) is 59.9 cm³/mol. The van der Waals surface area contributed by atoms with Gasteiger partial charge < -0.3 is 10.0 Å². The lowest BCUT2D eigenvalue weighted by Gasteiger charge is -2.35. The molecule has 0 aromatic heterocycles. The number of carbonyl (C=O) groups is 1. The number of carboxylic acids is 1. The van der Waals surface area contributed by atoms with Gasteiger partial charge in [-0.25, -0.2) is 0 Å². The van der Waals surface area contributed by atoms with Crippen LogP contribution in [0.2, 0.25) is 0 Å². The molecule has 0 radical (unpaired) electrons. The Bertz CT molecular complexity index is 225. The number of carboxylic acid groups (broad SMARTS) is 1. The molecular formula is C11H22N2O2. The van der Waals surface area contributed by atoms with Crippen LogP contribution < -0.4 is 5.32 Å². The zero-order valence-corrected chi connectivity index (χ0v) is 10.1. The number of hydrogen-bond acceptors (Lipinski definition) is 3. The van der Waals surface area contributed by atoms with Crippen LogP contribution in [-0.2, 0) is 4.79 Å². The standard InChI is InChI=1S/C11H22N2O2/c1-8(2)12-11(10(14)15,7-13(3)4)9-5-6-9/h8-9,12H,5-7H2,1-4H3,(H,14,15). The summed E-state index contributed by atoms with van der Waals surface area (Å²) in [6.07, 6.45) is 2.06. The van der Waals surface area contributed by atoms with E-state index in [9.17, 15) is 9.90 Å². The highest BCUT2D eigenvalue weighted by molar-refractivity contribution is 5.80. The van der Waals surface area contributed by atoms with Crippen LogP contribution in [0.5, 0.6) is 0 Å². The van der Waals surface area contributed by atoms with Gasteiger partial charge in [-0.1, -0.05) is 0 Å². The number of aliphatic carboxylic acids is 1. The van der Waals surface area contributed by atoms with Crippen molar-refractivity contribution in [1.29, 1.82) is 0 Å². The van der Waals surface area contributed by atoms with Gasteiger partial charge in [-0.3, -0.25) is 10.1 Å². The smallest absolute Gasteiger partial charge is 0.325 e. The molecule has 0 aromatic carbocycles. The molecule has 1 rings (SSSR count). The molecule has 4 heteroatoms. The van der Waals surface area contributed by atoms with Gasteiger partial charge in [0, 0.05) is 12.6 Å². The zero-order valence-electron chi connectivity index (χ0n) is 10.1. The molecule has 2 N–H and O–H groups in total. The maximum atomic E-state index is 11.5. The van der Waals surface area contributed by atoms with Crippen molar-refractivity contribution < 1.29 is 9.90 Å². The lowest BCUT2D eigenvalue weighted by molar-refractivity contribution is -0.147. The van der Waals surface area contributed by atoms with Crippen LogP contribution in [0.4, 0.5) is 0 Å². The first-order valence-electron chi connectivity index (χ1n) is 5.54. The normalized spacial score (nSPS) is 20.7. The maximum absolute atomic E-state index is 11.5. The van der Waals surface area contributed by atoms with Gasteiger partial charge in [0.2, 0.25) is 0 Å². The third kappa shape index (κ3) is 2.92. The van der Waals surface area contributed by atoms with E-state index in [0.29, 0.717) is 12.5 Å². The fraction of sp³-hybridized carbons (Fsp3) is 0.909. The molecule has 0 bridgehead atoms. The molecule has 1 fully saturated rings. The van der Waals surface area contributed by atoms with E-state index < -0.39 is 11.5 Å². The van der Waals surface area contributed by atoms with Gasteiger partial charge in [0.25, 0.3) is 0 Å². The van der Waals surface area contributed by atoms with E-state index in [1.165, 1.54) is 0 Å². The zero-order chi connectivity index (χ0) is 11.6. The van der Waals surface area contributed by atoms with Crippen LogP contribution in [0.25, 0.3) is 0 Å². The second kappa shape index (κ2) is 4.49. The second-order valence-corrected chi connectivity index (χ2v) is 5.09. The highest BCUT2D eigenvalue weighted by Crippen LogP contribution is 2.40. The van der Waals surface area contributed by atoms with E-state index in [4.69, 9.17) is 0 Å². The Morgan fingerprint density at radius 1 is 1.53 bits per heavy atom. The molecule has 15 heavy (non-hydrogen) atoms. The molecule has 88 valence electrons. The fourth-order valence-electron chi connectivity index (χ4n) is 2.19. The number of rotatable bonds is 6. The SMILES string of the molecule is CC(C)NC(CN(C)C)(C(=O)O)C1CC1. The van der Waals surface area contributed by atoms with E-state index >= 15 is 0 Å². The minimum atomic E-state index is -0.752. The van der Waals surface area contributed by atoms with Crippen molar-refractivity contribution in [2.24, 2.45) is 5.92 Å². The minimum absolute atomic E-state index is 0.196. The largest absolute Gasteiger partial charge is 0.480 e. The van der Waals surface area contributed by atoms with Crippen LogP contribution >= 0.6 is 0 Å². The van der Waals surface area contributed by atoms with E-state index in [1.54, 1.807) is 0 Å². The monoisotopic (exact) mass is 214 g/mol. The number of nitrogens with zero attached hydrogens (tertiary/aromatic N) is 1. The molecule has 0 spiro atoms. The summed E-state index contributed by atoms with van der Waals surface area (Å²) in [5, 5.41) is 12.7. The first-order valence-corrected chi connectivity index (χ1v) is 5.54. The van der Waals surface area contributed by atoms with E-state index in [1.807, 2.05) is 32.8 Å². The van der Waals surface area contributed by atoms with Gasteiger partial charge >= 0.3 is 5.97 Å². The fourth-order valence-corrected chi connectivity index (χ4v) is 2.19. The lowest BCUT2D eigenvalue weighted by Crippen LogP contribution is -2.61. The highest BCUT2D eigenvalue weighted by atomic mass is 16.4. The van der Waals surface area contributed by atoms with Crippen LogP contribution in [0.1, 0.15) is 26.7 Å². The molecule has 0 amide bonds. The quantitative estimate of drug-likeness (QED) is 0.686. The number of likely N-dealkylation sites (N-methyl/N-ethyl adjacent to an activating group) is 1. The van der Waals surface area contributed by atoms with Crippen molar-refractivity contribution in [3.8, 4) is 0 Å². The Balaban J connectivity index is 2.83. The summed E-state index contributed by atoms with van der Waals surface area (Å²) in [6.45, 7) is 4.55. The van der Waals surface area contributed by atoms with Crippen molar-refractivity contribution in [2.45, 2.75) is 38.3 Å². The van der Waals surface area contributed by atoms with Crippen LogP contribution in [0, 0.1) is 5.92 Å². The van der Waals surface area contributed by atoms with Gasteiger partial charge in [-0.15, -0.1) is 0 Å². The molecule has 0 heterocycles. The number of nitrogens with one attached hydrogen (secondary N) is 1. The van der Waals surface area contributed by atoms with Crippen LogP contribution in [0.3, 0.4) is 0 Å². The molecule has 0 saturated heterocycles. The number of hydrogen-bond donors (Lipinski definition) is 2. The summed E-state index contributed by atoms with van der Waals surface area (Å²) in [5.74, 6) is -0.424. The lowest BCUT2D eigenvalue weighted by atomic mass is 9.91. The first-order chi connectivity index (χ1) is 6.88. The van der Waals surface area contributed by atoms with E-state index in [2.05, 4.69) is 5.32 Å². The average Bonchev–Trinajstić information content (AvgIpc) is 2.81. The van der Waals surface area contributed by atoms with E-state index in [0.717, 1.165) is 12.8 Å². The highest BCUT2D eigenvalue weighted by Gasteiger charge is 2.51. The molecule has 0 aromatic rings. The molecule has 1 saturated carbocycles. The van der Waals surface area contributed by atoms with Gasteiger partial charge in [0.05, 0.1) is 0 Å². The first kappa shape index (κ1) is 12.5. The van der Waals surface area contributed by atoms with Gasteiger partial charge in [0.15, 0.2) is 0 Å². The van der Waals surface area contributed by atoms with Crippen LogP contribution in [-0.4, -0.2) is 48.2 Å². The molecule has 1 atom stereocenters. The van der Waals surface area contributed by atoms with Crippen molar-refractivity contribution in [1.82, 2.24) is 10.2 Å². The molecular weight excluding hydrogens is 192 g/mol. The Hall–Kier alpha value is -0.610.